The maximum Gasteiger partial charge on any atom is 0.257 e. The molecule has 0 aliphatic rings. The standard InChI is InChI=1S/C25H29N5O3/c1-4-5-8-13-27-25(31)21-22-24(29-18-10-7-6-9-17(18)28-22)30(23(21)26)15-16-11-12-19(32-2)20(14-16)33-3/h6-7,9-12,14H,4-5,8,13,15,26H2,1-3H3,(H,27,31). The summed E-state index contributed by atoms with van der Waals surface area (Å²) >= 11 is 0. The lowest BCUT2D eigenvalue weighted by molar-refractivity contribution is 0.0955. The number of unbranched alkanes of at least 4 members (excludes halogenated alkanes) is 2. The topological polar surface area (TPSA) is 104 Å². The molecule has 0 fully saturated rings. The van der Waals surface area contributed by atoms with Gasteiger partial charge in [0.05, 0.1) is 31.8 Å². The molecular formula is C25H29N5O3. The van der Waals surface area contributed by atoms with Crippen LogP contribution in [0.5, 0.6) is 11.5 Å². The van der Waals surface area contributed by atoms with E-state index in [1.54, 1.807) is 14.2 Å². The molecule has 2 heterocycles. The number of fused-ring (bicyclic) bond motifs is 2. The van der Waals surface area contributed by atoms with E-state index in [-0.39, 0.29) is 5.91 Å². The maximum atomic E-state index is 13.1. The van der Waals surface area contributed by atoms with Crippen LogP contribution in [-0.4, -0.2) is 41.2 Å². The average molecular weight is 448 g/mol. The van der Waals surface area contributed by atoms with Crippen LogP contribution in [0.4, 0.5) is 5.82 Å². The van der Waals surface area contributed by atoms with Crippen molar-refractivity contribution in [2.45, 2.75) is 32.7 Å². The number of carbonyl (C=O) groups is 1. The number of para-hydroxylation sites is 2. The SMILES string of the molecule is CCCCCNC(=O)c1c(N)n(Cc2ccc(OC)c(OC)c2)c2nc3ccccc3nc12. The summed E-state index contributed by atoms with van der Waals surface area (Å²) in [7, 11) is 3.20. The third kappa shape index (κ3) is 4.41. The van der Waals surface area contributed by atoms with Crippen LogP contribution in [-0.2, 0) is 6.54 Å². The van der Waals surface area contributed by atoms with Crippen molar-refractivity contribution in [1.29, 1.82) is 0 Å². The number of nitrogens with zero attached hydrogens (tertiary/aromatic N) is 3. The number of carbonyl (C=O) groups excluding carboxylic acids is 1. The first kappa shape index (κ1) is 22.4. The van der Waals surface area contributed by atoms with Gasteiger partial charge in [-0.3, -0.25) is 4.79 Å². The molecule has 0 aliphatic heterocycles. The lowest BCUT2D eigenvalue weighted by Crippen LogP contribution is -2.25. The number of methoxy groups -OCH3 is 2. The van der Waals surface area contributed by atoms with Crippen molar-refractivity contribution in [1.82, 2.24) is 19.9 Å². The molecule has 8 heteroatoms. The number of amides is 1. The fraction of sp³-hybridized carbons (Fsp3) is 0.320. The Kier molecular flexibility index (Phi) is 6.63. The Labute approximate surface area is 192 Å². The molecule has 33 heavy (non-hydrogen) atoms. The molecule has 4 rings (SSSR count). The molecule has 2 aromatic carbocycles. The number of nitrogens with two attached hydrogens (primary N) is 1. The smallest absolute Gasteiger partial charge is 0.257 e. The number of nitrogens with one attached hydrogen (secondary N) is 1. The molecule has 0 saturated carbocycles. The summed E-state index contributed by atoms with van der Waals surface area (Å²) in [5.74, 6) is 1.37. The molecule has 2 aromatic heterocycles. The van der Waals surface area contributed by atoms with Crippen LogP contribution in [0.2, 0.25) is 0 Å². The Hall–Kier alpha value is -3.81. The maximum absolute atomic E-state index is 13.1. The Morgan fingerprint density at radius 2 is 1.76 bits per heavy atom. The Balaban J connectivity index is 1.80. The molecule has 0 bridgehead atoms. The van der Waals surface area contributed by atoms with E-state index in [4.69, 9.17) is 25.2 Å². The van der Waals surface area contributed by atoms with Crippen LogP contribution >= 0.6 is 0 Å². The Bertz CT molecular complexity index is 1300. The second-order valence-electron chi connectivity index (χ2n) is 7.88. The zero-order valence-electron chi connectivity index (χ0n) is 19.2. The average Bonchev–Trinajstić information content (AvgIpc) is 3.10. The lowest BCUT2D eigenvalue weighted by atomic mass is 10.2. The van der Waals surface area contributed by atoms with E-state index in [0.717, 1.165) is 30.3 Å². The first-order valence-corrected chi connectivity index (χ1v) is 11.1. The van der Waals surface area contributed by atoms with E-state index in [2.05, 4.69) is 12.2 Å². The fourth-order valence-corrected chi connectivity index (χ4v) is 3.93. The highest BCUT2D eigenvalue weighted by Gasteiger charge is 2.24. The molecule has 0 aliphatic carbocycles. The highest BCUT2D eigenvalue weighted by atomic mass is 16.5. The van der Waals surface area contributed by atoms with Crippen molar-refractivity contribution >= 4 is 33.9 Å². The number of hydrogen-bond donors (Lipinski definition) is 2. The summed E-state index contributed by atoms with van der Waals surface area (Å²) in [6.45, 7) is 3.12. The minimum absolute atomic E-state index is 0.232. The van der Waals surface area contributed by atoms with E-state index < -0.39 is 0 Å². The van der Waals surface area contributed by atoms with Crippen LogP contribution in [0.15, 0.2) is 42.5 Å². The molecule has 0 unspecified atom stereocenters. The van der Waals surface area contributed by atoms with Gasteiger partial charge in [-0.1, -0.05) is 38.0 Å². The number of hydrogen-bond acceptors (Lipinski definition) is 6. The molecule has 1 amide bonds. The summed E-state index contributed by atoms with van der Waals surface area (Å²) in [5.41, 5.74) is 10.4. The van der Waals surface area contributed by atoms with Crippen molar-refractivity contribution in [2.24, 2.45) is 0 Å². The molecule has 0 atom stereocenters. The first-order chi connectivity index (χ1) is 16.1. The van der Waals surface area contributed by atoms with Gasteiger partial charge in [-0.05, 0) is 36.2 Å². The van der Waals surface area contributed by atoms with Crippen LogP contribution < -0.4 is 20.5 Å². The number of ether oxygens (including phenoxy) is 2. The van der Waals surface area contributed by atoms with Crippen LogP contribution in [0.25, 0.3) is 22.2 Å². The molecule has 8 nitrogen and oxygen atoms in total. The third-order valence-corrected chi connectivity index (χ3v) is 5.67. The van der Waals surface area contributed by atoms with Crippen molar-refractivity contribution < 1.29 is 14.3 Å². The first-order valence-electron chi connectivity index (χ1n) is 11.1. The van der Waals surface area contributed by atoms with E-state index in [9.17, 15) is 4.79 Å². The van der Waals surface area contributed by atoms with Gasteiger partial charge in [0.1, 0.15) is 16.9 Å². The summed E-state index contributed by atoms with van der Waals surface area (Å²) < 4.78 is 12.6. The molecular weight excluding hydrogens is 418 g/mol. The largest absolute Gasteiger partial charge is 0.493 e. The number of rotatable bonds is 9. The van der Waals surface area contributed by atoms with Crippen molar-refractivity contribution in [3.05, 3.63) is 53.6 Å². The summed E-state index contributed by atoms with van der Waals surface area (Å²) in [6, 6.07) is 13.3. The summed E-state index contributed by atoms with van der Waals surface area (Å²) in [6.07, 6.45) is 3.06. The molecule has 172 valence electrons. The highest BCUT2D eigenvalue weighted by molar-refractivity contribution is 6.10. The number of anilines is 1. The van der Waals surface area contributed by atoms with Gasteiger partial charge in [0.2, 0.25) is 0 Å². The number of benzene rings is 2. The zero-order chi connectivity index (χ0) is 23.4. The van der Waals surface area contributed by atoms with Gasteiger partial charge in [0.25, 0.3) is 5.91 Å². The van der Waals surface area contributed by atoms with Crippen LogP contribution in [0, 0.1) is 0 Å². The van der Waals surface area contributed by atoms with Crippen molar-refractivity contribution in [3.63, 3.8) is 0 Å². The number of nitrogen functional groups attached to an aromatic ring is 1. The second kappa shape index (κ2) is 9.77. The van der Waals surface area contributed by atoms with Gasteiger partial charge in [-0.15, -0.1) is 0 Å². The minimum Gasteiger partial charge on any atom is -0.493 e. The van der Waals surface area contributed by atoms with E-state index >= 15 is 0 Å². The van der Waals surface area contributed by atoms with Crippen LogP contribution in [0.1, 0.15) is 42.1 Å². The molecule has 0 spiro atoms. The van der Waals surface area contributed by atoms with Gasteiger partial charge in [0, 0.05) is 6.54 Å². The van der Waals surface area contributed by atoms with Gasteiger partial charge >= 0.3 is 0 Å². The summed E-state index contributed by atoms with van der Waals surface area (Å²) in [4.78, 5) is 22.7. The minimum atomic E-state index is -0.232. The Morgan fingerprint density at radius 1 is 1.03 bits per heavy atom. The molecule has 0 saturated heterocycles. The second-order valence-corrected chi connectivity index (χ2v) is 7.88. The lowest BCUT2D eigenvalue weighted by Gasteiger charge is -2.12. The monoisotopic (exact) mass is 447 g/mol. The fourth-order valence-electron chi connectivity index (χ4n) is 3.93. The van der Waals surface area contributed by atoms with Gasteiger partial charge < -0.3 is 25.1 Å². The van der Waals surface area contributed by atoms with Gasteiger partial charge in [-0.2, -0.15) is 0 Å². The van der Waals surface area contributed by atoms with Gasteiger partial charge in [-0.25, -0.2) is 9.97 Å². The molecule has 3 N–H and O–H groups in total. The normalized spacial score (nSPS) is 11.1. The van der Waals surface area contributed by atoms with E-state index in [1.165, 1.54) is 0 Å². The Morgan fingerprint density at radius 3 is 2.45 bits per heavy atom. The zero-order valence-corrected chi connectivity index (χ0v) is 19.2. The quantitative estimate of drug-likeness (QED) is 0.374. The predicted octanol–water partition coefficient (Wildman–Crippen LogP) is 4.15. The highest BCUT2D eigenvalue weighted by Crippen LogP contribution is 2.31. The third-order valence-electron chi connectivity index (χ3n) is 5.67. The molecule has 0 radical (unpaired) electrons. The summed E-state index contributed by atoms with van der Waals surface area (Å²) in [5, 5.41) is 2.99. The van der Waals surface area contributed by atoms with Crippen molar-refractivity contribution in [3.8, 4) is 11.5 Å². The van der Waals surface area contributed by atoms with E-state index in [1.807, 2.05) is 47.0 Å². The van der Waals surface area contributed by atoms with Crippen LogP contribution in [0.3, 0.4) is 0 Å². The van der Waals surface area contributed by atoms with Gasteiger partial charge in [0.15, 0.2) is 17.1 Å². The van der Waals surface area contributed by atoms with E-state index in [0.29, 0.717) is 52.7 Å². The predicted molar refractivity (Wildman–Crippen MR) is 130 cm³/mol. The van der Waals surface area contributed by atoms with Crippen molar-refractivity contribution in [2.75, 3.05) is 26.5 Å². The number of aromatic nitrogens is 3. The molecule has 4 aromatic rings.